The normalized spacial score (nSPS) is 25.1. The molecule has 0 aliphatic carbocycles. The van der Waals surface area contributed by atoms with Crippen LogP contribution in [0.3, 0.4) is 0 Å². The lowest BCUT2D eigenvalue weighted by molar-refractivity contribution is 0.1000. The van der Waals surface area contributed by atoms with E-state index >= 15 is 0 Å². The van der Waals surface area contributed by atoms with Crippen molar-refractivity contribution in [3.63, 3.8) is 0 Å². The van der Waals surface area contributed by atoms with Crippen LogP contribution >= 0.6 is 0 Å². The monoisotopic (exact) mass is 241 g/mol. The van der Waals surface area contributed by atoms with Gasteiger partial charge in [-0.1, -0.05) is 20.3 Å². The minimum atomic E-state index is 0.707. The third-order valence-electron chi connectivity index (χ3n) is 3.86. The van der Waals surface area contributed by atoms with E-state index in [1.54, 1.807) is 0 Å². The molecular weight excluding hydrogens is 210 g/mol. The van der Waals surface area contributed by atoms with Crippen molar-refractivity contribution >= 4 is 0 Å². The third-order valence-corrected chi connectivity index (χ3v) is 3.86. The lowest BCUT2D eigenvalue weighted by atomic mass is 10.00. The van der Waals surface area contributed by atoms with Crippen molar-refractivity contribution < 1.29 is 0 Å². The van der Waals surface area contributed by atoms with Crippen molar-refractivity contribution in [2.24, 2.45) is 0 Å². The van der Waals surface area contributed by atoms with Gasteiger partial charge in [0.1, 0.15) is 0 Å². The molecule has 1 rings (SSSR count). The molecule has 0 aromatic rings. The zero-order valence-corrected chi connectivity index (χ0v) is 12.2. The molecule has 1 fully saturated rings. The van der Waals surface area contributed by atoms with Crippen LogP contribution in [0, 0.1) is 0 Å². The van der Waals surface area contributed by atoms with E-state index in [-0.39, 0.29) is 0 Å². The molecule has 3 nitrogen and oxygen atoms in total. The Kier molecular flexibility index (Phi) is 7.09. The van der Waals surface area contributed by atoms with Crippen LogP contribution in [-0.4, -0.2) is 62.2 Å². The molecule has 0 spiro atoms. The summed E-state index contributed by atoms with van der Waals surface area (Å²) >= 11 is 0. The molecule has 1 heterocycles. The lowest BCUT2D eigenvalue weighted by Crippen LogP contribution is -2.52. The SMILES string of the molecule is CCCNC(CCC)CC1CN(C)CCN1C. The van der Waals surface area contributed by atoms with E-state index in [1.165, 1.54) is 45.3 Å². The molecule has 1 N–H and O–H groups in total. The molecule has 1 aliphatic heterocycles. The fraction of sp³-hybridized carbons (Fsp3) is 1.00. The second-order valence-corrected chi connectivity index (χ2v) is 5.57. The Morgan fingerprint density at radius 3 is 2.59 bits per heavy atom. The Hall–Kier alpha value is -0.120. The predicted molar refractivity (Wildman–Crippen MR) is 75.5 cm³/mol. The fourth-order valence-electron chi connectivity index (χ4n) is 2.68. The largest absolute Gasteiger partial charge is 0.314 e. The molecule has 3 heteroatoms. The molecule has 2 atom stereocenters. The summed E-state index contributed by atoms with van der Waals surface area (Å²) in [4.78, 5) is 5.00. The van der Waals surface area contributed by atoms with Gasteiger partial charge in [-0.05, 0) is 39.9 Å². The smallest absolute Gasteiger partial charge is 0.0235 e. The van der Waals surface area contributed by atoms with Crippen LogP contribution in [0.2, 0.25) is 0 Å². The standard InChI is InChI=1S/C14H31N3/c1-5-7-13(15-8-6-2)11-14-12-16(3)9-10-17(14)4/h13-15H,5-12H2,1-4H3. The Bertz CT molecular complexity index is 196. The molecule has 1 aliphatic rings. The molecule has 0 amide bonds. The summed E-state index contributed by atoms with van der Waals surface area (Å²) in [7, 11) is 4.52. The summed E-state index contributed by atoms with van der Waals surface area (Å²) in [5.74, 6) is 0. The summed E-state index contributed by atoms with van der Waals surface area (Å²) in [5.41, 5.74) is 0. The van der Waals surface area contributed by atoms with E-state index in [9.17, 15) is 0 Å². The van der Waals surface area contributed by atoms with Crippen molar-refractivity contribution in [3.05, 3.63) is 0 Å². The quantitative estimate of drug-likeness (QED) is 0.733. The van der Waals surface area contributed by atoms with Crippen molar-refractivity contribution in [1.29, 1.82) is 0 Å². The van der Waals surface area contributed by atoms with Crippen molar-refractivity contribution in [2.75, 3.05) is 40.3 Å². The van der Waals surface area contributed by atoms with Crippen LogP contribution in [0.1, 0.15) is 39.5 Å². The Balaban J connectivity index is 2.40. The van der Waals surface area contributed by atoms with Crippen LogP contribution in [0.25, 0.3) is 0 Å². The van der Waals surface area contributed by atoms with E-state index in [0.29, 0.717) is 6.04 Å². The number of nitrogens with one attached hydrogen (secondary N) is 1. The molecule has 0 radical (unpaired) electrons. The van der Waals surface area contributed by atoms with Gasteiger partial charge >= 0.3 is 0 Å². The number of nitrogens with zero attached hydrogens (tertiary/aromatic N) is 2. The lowest BCUT2D eigenvalue weighted by Gasteiger charge is -2.39. The summed E-state index contributed by atoms with van der Waals surface area (Å²) in [6.07, 6.45) is 5.14. The van der Waals surface area contributed by atoms with Gasteiger partial charge in [0.15, 0.2) is 0 Å². The minimum absolute atomic E-state index is 0.707. The van der Waals surface area contributed by atoms with E-state index in [4.69, 9.17) is 0 Å². The molecular formula is C14H31N3. The number of likely N-dealkylation sites (N-methyl/N-ethyl adjacent to an activating group) is 2. The van der Waals surface area contributed by atoms with E-state index in [1.807, 2.05) is 0 Å². The number of piperazine rings is 1. The topological polar surface area (TPSA) is 18.5 Å². The molecule has 1 saturated heterocycles. The minimum Gasteiger partial charge on any atom is -0.314 e. The van der Waals surface area contributed by atoms with Gasteiger partial charge in [-0.3, -0.25) is 0 Å². The van der Waals surface area contributed by atoms with E-state index < -0.39 is 0 Å². The van der Waals surface area contributed by atoms with Gasteiger partial charge in [-0.2, -0.15) is 0 Å². The molecule has 102 valence electrons. The van der Waals surface area contributed by atoms with Crippen LogP contribution in [0.15, 0.2) is 0 Å². The predicted octanol–water partition coefficient (Wildman–Crippen LogP) is 1.79. The fourth-order valence-corrected chi connectivity index (χ4v) is 2.68. The Labute approximate surface area is 108 Å². The maximum Gasteiger partial charge on any atom is 0.0235 e. The van der Waals surface area contributed by atoms with Crippen molar-refractivity contribution in [1.82, 2.24) is 15.1 Å². The highest BCUT2D eigenvalue weighted by Gasteiger charge is 2.24. The molecule has 2 unspecified atom stereocenters. The second kappa shape index (κ2) is 8.06. The highest BCUT2D eigenvalue weighted by molar-refractivity contribution is 4.83. The zero-order chi connectivity index (χ0) is 12.7. The third kappa shape index (κ3) is 5.36. The summed E-state index contributed by atoms with van der Waals surface area (Å²) in [6.45, 7) is 9.36. The zero-order valence-electron chi connectivity index (χ0n) is 12.2. The molecule has 0 aromatic carbocycles. The van der Waals surface area contributed by atoms with Gasteiger partial charge in [-0.25, -0.2) is 0 Å². The number of hydrogen-bond acceptors (Lipinski definition) is 3. The Morgan fingerprint density at radius 2 is 1.94 bits per heavy atom. The molecule has 17 heavy (non-hydrogen) atoms. The maximum atomic E-state index is 3.71. The first-order valence-electron chi connectivity index (χ1n) is 7.29. The first kappa shape index (κ1) is 14.9. The Morgan fingerprint density at radius 1 is 1.18 bits per heavy atom. The number of hydrogen-bond donors (Lipinski definition) is 1. The summed E-state index contributed by atoms with van der Waals surface area (Å²) in [6, 6.07) is 1.44. The summed E-state index contributed by atoms with van der Waals surface area (Å²) in [5, 5.41) is 3.71. The average molecular weight is 241 g/mol. The maximum absolute atomic E-state index is 3.71. The van der Waals surface area contributed by atoms with E-state index in [0.717, 1.165) is 12.6 Å². The van der Waals surface area contributed by atoms with Gasteiger partial charge in [-0.15, -0.1) is 0 Å². The van der Waals surface area contributed by atoms with E-state index in [2.05, 4.69) is 43.1 Å². The van der Waals surface area contributed by atoms with Crippen LogP contribution in [0.5, 0.6) is 0 Å². The van der Waals surface area contributed by atoms with Gasteiger partial charge in [0.05, 0.1) is 0 Å². The van der Waals surface area contributed by atoms with Crippen molar-refractivity contribution in [3.8, 4) is 0 Å². The van der Waals surface area contributed by atoms with Crippen LogP contribution in [0.4, 0.5) is 0 Å². The number of rotatable bonds is 7. The second-order valence-electron chi connectivity index (χ2n) is 5.57. The van der Waals surface area contributed by atoms with Gasteiger partial charge in [0.2, 0.25) is 0 Å². The molecule has 0 saturated carbocycles. The van der Waals surface area contributed by atoms with Gasteiger partial charge in [0, 0.05) is 31.7 Å². The first-order chi connectivity index (χ1) is 8.17. The van der Waals surface area contributed by atoms with Crippen LogP contribution in [-0.2, 0) is 0 Å². The molecule has 0 aromatic heterocycles. The van der Waals surface area contributed by atoms with Gasteiger partial charge < -0.3 is 15.1 Å². The summed E-state index contributed by atoms with van der Waals surface area (Å²) < 4.78 is 0. The highest BCUT2D eigenvalue weighted by Crippen LogP contribution is 2.14. The first-order valence-corrected chi connectivity index (χ1v) is 7.29. The average Bonchev–Trinajstić information content (AvgIpc) is 2.31. The highest BCUT2D eigenvalue weighted by atomic mass is 15.3. The molecule has 0 bridgehead atoms. The van der Waals surface area contributed by atoms with Crippen molar-refractivity contribution in [2.45, 2.75) is 51.6 Å². The van der Waals surface area contributed by atoms with Crippen LogP contribution < -0.4 is 5.32 Å². The van der Waals surface area contributed by atoms with Gasteiger partial charge in [0.25, 0.3) is 0 Å².